The van der Waals surface area contributed by atoms with E-state index < -0.39 is 34.9 Å². The van der Waals surface area contributed by atoms with E-state index in [2.05, 4.69) is 5.32 Å². The van der Waals surface area contributed by atoms with Crippen molar-refractivity contribution < 1.29 is 28.4 Å². The summed E-state index contributed by atoms with van der Waals surface area (Å²) in [6, 6.07) is 18.7. The van der Waals surface area contributed by atoms with Crippen LogP contribution < -0.4 is 10.1 Å². The van der Waals surface area contributed by atoms with Gasteiger partial charge in [-0.1, -0.05) is 30.3 Å². The number of nitro groups is 1. The fraction of sp³-hybridized carbons (Fsp3) is 0.0909. The zero-order chi connectivity index (χ0) is 22.2. The summed E-state index contributed by atoms with van der Waals surface area (Å²) in [4.78, 5) is 33.9. The number of amides is 1. The SMILES string of the molecule is O=C(COC(=O)c1ccc(OCc2ccccc2)cc1)Nc1ccc(F)c([N+](=O)[O-])c1. The first-order chi connectivity index (χ1) is 14.9. The molecule has 0 radical (unpaired) electrons. The van der Waals surface area contributed by atoms with Crippen LogP contribution in [0, 0.1) is 15.9 Å². The lowest BCUT2D eigenvalue weighted by atomic mass is 10.2. The Morgan fingerprint density at radius 2 is 1.71 bits per heavy atom. The molecule has 3 aromatic carbocycles. The average molecular weight is 424 g/mol. The molecular formula is C22H17FN2O6. The first-order valence-corrected chi connectivity index (χ1v) is 9.10. The number of carbonyl (C=O) groups excluding carboxylic acids is 2. The second-order valence-electron chi connectivity index (χ2n) is 6.35. The quantitative estimate of drug-likeness (QED) is 0.331. The minimum absolute atomic E-state index is 0.00840. The number of nitrogens with one attached hydrogen (secondary N) is 1. The van der Waals surface area contributed by atoms with Crippen molar-refractivity contribution in [2.45, 2.75) is 6.61 Å². The summed E-state index contributed by atoms with van der Waals surface area (Å²) in [6.07, 6.45) is 0. The van der Waals surface area contributed by atoms with Crippen LogP contribution in [0.5, 0.6) is 5.75 Å². The molecule has 158 valence electrons. The summed E-state index contributed by atoms with van der Waals surface area (Å²) >= 11 is 0. The topological polar surface area (TPSA) is 108 Å². The summed E-state index contributed by atoms with van der Waals surface area (Å²) < 4.78 is 23.9. The molecule has 1 amide bonds. The van der Waals surface area contributed by atoms with E-state index in [0.29, 0.717) is 12.4 Å². The Bertz CT molecular complexity index is 1090. The highest BCUT2D eigenvalue weighted by Crippen LogP contribution is 2.21. The largest absolute Gasteiger partial charge is 0.489 e. The normalized spacial score (nSPS) is 10.2. The summed E-state index contributed by atoms with van der Waals surface area (Å²) in [6.45, 7) is -0.234. The van der Waals surface area contributed by atoms with Gasteiger partial charge in [0.1, 0.15) is 12.4 Å². The predicted molar refractivity (Wildman–Crippen MR) is 109 cm³/mol. The van der Waals surface area contributed by atoms with Crippen LogP contribution in [-0.4, -0.2) is 23.4 Å². The molecule has 3 aromatic rings. The summed E-state index contributed by atoms with van der Waals surface area (Å²) in [5.41, 5.74) is 0.458. The number of halogens is 1. The van der Waals surface area contributed by atoms with Crippen LogP contribution in [0.25, 0.3) is 0 Å². The number of hydrogen-bond donors (Lipinski definition) is 1. The first-order valence-electron chi connectivity index (χ1n) is 9.10. The van der Waals surface area contributed by atoms with Gasteiger partial charge in [-0.2, -0.15) is 4.39 Å². The number of rotatable bonds is 8. The van der Waals surface area contributed by atoms with Crippen LogP contribution >= 0.6 is 0 Å². The van der Waals surface area contributed by atoms with Gasteiger partial charge in [0.15, 0.2) is 6.61 Å². The molecule has 0 saturated heterocycles. The van der Waals surface area contributed by atoms with E-state index in [0.717, 1.165) is 23.8 Å². The number of nitro benzene ring substituents is 1. The Morgan fingerprint density at radius 3 is 2.39 bits per heavy atom. The van der Waals surface area contributed by atoms with Gasteiger partial charge < -0.3 is 14.8 Å². The fourth-order valence-corrected chi connectivity index (χ4v) is 2.57. The third kappa shape index (κ3) is 6.10. The molecule has 3 rings (SSSR count). The predicted octanol–water partition coefficient (Wildman–Crippen LogP) is 4.11. The second kappa shape index (κ2) is 9.97. The van der Waals surface area contributed by atoms with E-state index in [1.807, 2.05) is 30.3 Å². The smallest absolute Gasteiger partial charge is 0.338 e. The zero-order valence-corrected chi connectivity index (χ0v) is 16.1. The molecule has 0 fully saturated rings. The van der Waals surface area contributed by atoms with Gasteiger partial charge in [-0.05, 0) is 42.0 Å². The summed E-state index contributed by atoms with van der Waals surface area (Å²) in [7, 11) is 0. The van der Waals surface area contributed by atoms with Gasteiger partial charge in [0, 0.05) is 11.8 Å². The Morgan fingerprint density at radius 1 is 1.00 bits per heavy atom. The molecule has 0 aliphatic carbocycles. The van der Waals surface area contributed by atoms with E-state index in [1.54, 1.807) is 12.1 Å². The highest BCUT2D eigenvalue weighted by molar-refractivity contribution is 5.95. The summed E-state index contributed by atoms with van der Waals surface area (Å²) in [5.74, 6) is -1.91. The Hall–Kier alpha value is -4.27. The third-order valence-corrected chi connectivity index (χ3v) is 4.10. The van der Waals surface area contributed by atoms with Gasteiger partial charge in [-0.25, -0.2) is 4.79 Å². The zero-order valence-electron chi connectivity index (χ0n) is 16.1. The molecule has 31 heavy (non-hydrogen) atoms. The third-order valence-electron chi connectivity index (χ3n) is 4.10. The maximum atomic E-state index is 13.3. The number of ether oxygens (including phenoxy) is 2. The average Bonchev–Trinajstić information content (AvgIpc) is 2.78. The monoisotopic (exact) mass is 424 g/mol. The fourth-order valence-electron chi connectivity index (χ4n) is 2.57. The number of carbonyl (C=O) groups is 2. The minimum Gasteiger partial charge on any atom is -0.489 e. The maximum absolute atomic E-state index is 13.3. The second-order valence-corrected chi connectivity index (χ2v) is 6.35. The van der Waals surface area contributed by atoms with Crippen LogP contribution in [0.1, 0.15) is 15.9 Å². The van der Waals surface area contributed by atoms with Gasteiger partial charge >= 0.3 is 11.7 Å². The Balaban J connectivity index is 1.49. The molecule has 8 nitrogen and oxygen atoms in total. The Kier molecular flexibility index (Phi) is 6.89. The van der Waals surface area contributed by atoms with Crippen molar-refractivity contribution in [3.63, 3.8) is 0 Å². The molecular weight excluding hydrogens is 407 g/mol. The molecule has 0 unspecified atom stereocenters. The van der Waals surface area contributed by atoms with Crippen molar-refractivity contribution in [3.8, 4) is 5.75 Å². The van der Waals surface area contributed by atoms with E-state index in [1.165, 1.54) is 12.1 Å². The maximum Gasteiger partial charge on any atom is 0.338 e. The van der Waals surface area contributed by atoms with Crippen LogP contribution in [0.2, 0.25) is 0 Å². The lowest BCUT2D eigenvalue weighted by molar-refractivity contribution is -0.387. The van der Waals surface area contributed by atoms with Crippen molar-refractivity contribution in [2.24, 2.45) is 0 Å². The lowest BCUT2D eigenvalue weighted by Crippen LogP contribution is -2.21. The highest BCUT2D eigenvalue weighted by Gasteiger charge is 2.16. The van der Waals surface area contributed by atoms with Crippen LogP contribution in [0.4, 0.5) is 15.8 Å². The van der Waals surface area contributed by atoms with Crippen molar-refractivity contribution >= 4 is 23.3 Å². The molecule has 0 heterocycles. The molecule has 0 saturated carbocycles. The molecule has 0 spiro atoms. The van der Waals surface area contributed by atoms with E-state index >= 15 is 0 Å². The number of hydrogen-bond acceptors (Lipinski definition) is 6. The standard InChI is InChI=1S/C22H17FN2O6/c23-19-11-8-17(12-20(19)25(28)29)24-21(26)14-31-22(27)16-6-9-18(10-7-16)30-13-15-4-2-1-3-5-15/h1-12H,13-14H2,(H,24,26). The molecule has 1 N–H and O–H groups in total. The summed E-state index contributed by atoms with van der Waals surface area (Å²) in [5, 5.41) is 13.0. The van der Waals surface area contributed by atoms with E-state index in [4.69, 9.17) is 9.47 Å². The van der Waals surface area contributed by atoms with E-state index in [9.17, 15) is 24.1 Å². The lowest BCUT2D eigenvalue weighted by Gasteiger charge is -2.08. The van der Waals surface area contributed by atoms with Crippen molar-refractivity contribution in [2.75, 3.05) is 11.9 Å². The molecule has 0 aliphatic heterocycles. The van der Waals surface area contributed by atoms with Crippen LogP contribution in [-0.2, 0) is 16.1 Å². The highest BCUT2D eigenvalue weighted by atomic mass is 19.1. The van der Waals surface area contributed by atoms with Gasteiger partial charge in [0.25, 0.3) is 5.91 Å². The number of anilines is 1. The molecule has 0 aliphatic rings. The van der Waals surface area contributed by atoms with Crippen molar-refractivity contribution in [3.05, 3.63) is 99.9 Å². The van der Waals surface area contributed by atoms with Gasteiger partial charge in [0.2, 0.25) is 5.82 Å². The molecule has 0 atom stereocenters. The van der Waals surface area contributed by atoms with Gasteiger partial charge in [-0.3, -0.25) is 14.9 Å². The number of nitrogens with zero attached hydrogens (tertiary/aromatic N) is 1. The van der Waals surface area contributed by atoms with Gasteiger partial charge in [-0.15, -0.1) is 0 Å². The number of benzene rings is 3. The minimum atomic E-state index is -1.02. The molecule has 9 heteroatoms. The number of esters is 1. The molecule has 0 aromatic heterocycles. The van der Waals surface area contributed by atoms with Crippen LogP contribution in [0.3, 0.4) is 0 Å². The van der Waals surface area contributed by atoms with Crippen LogP contribution in [0.15, 0.2) is 72.8 Å². The Labute approximate surface area is 176 Å². The van der Waals surface area contributed by atoms with Crippen molar-refractivity contribution in [1.29, 1.82) is 0 Å². The van der Waals surface area contributed by atoms with Gasteiger partial charge in [0.05, 0.1) is 10.5 Å². The first kappa shape index (κ1) is 21.4. The molecule has 0 bridgehead atoms. The van der Waals surface area contributed by atoms with E-state index in [-0.39, 0.29) is 11.3 Å². The van der Waals surface area contributed by atoms with Crippen molar-refractivity contribution in [1.82, 2.24) is 0 Å².